The van der Waals surface area contributed by atoms with E-state index < -0.39 is 11.8 Å². The van der Waals surface area contributed by atoms with Crippen LogP contribution in [0.15, 0.2) is 54.6 Å². The quantitative estimate of drug-likeness (QED) is 0.184. The Morgan fingerprint density at radius 2 is 1.95 bits per heavy atom. The van der Waals surface area contributed by atoms with Crippen LogP contribution in [-0.2, 0) is 11.8 Å². The molecule has 1 unspecified atom stereocenters. The summed E-state index contributed by atoms with van der Waals surface area (Å²) in [5.41, 5.74) is 2.91. The molecule has 206 valence electrons. The Bertz CT molecular complexity index is 1730. The van der Waals surface area contributed by atoms with Crippen molar-refractivity contribution in [3.63, 3.8) is 0 Å². The number of nitrogens with one attached hydrogen (secondary N) is 2. The molecule has 1 amide bonds. The Morgan fingerprint density at radius 1 is 1.15 bits per heavy atom. The number of halogens is 1. The molecule has 40 heavy (non-hydrogen) atoms. The molecule has 0 radical (unpaired) electrons. The van der Waals surface area contributed by atoms with Gasteiger partial charge in [-0.2, -0.15) is 0 Å². The number of aromatic hydroxyl groups is 1. The molecule has 0 aliphatic rings. The fourth-order valence-electron chi connectivity index (χ4n) is 4.55. The van der Waals surface area contributed by atoms with Gasteiger partial charge in [0, 0.05) is 18.7 Å². The average molecular weight is 546 g/mol. The zero-order valence-electron chi connectivity index (χ0n) is 22.2. The molecule has 0 saturated carbocycles. The molecular formula is C29H28FN5O5. The summed E-state index contributed by atoms with van der Waals surface area (Å²) in [5, 5.41) is 12.9. The van der Waals surface area contributed by atoms with Crippen LogP contribution in [0, 0.1) is 5.82 Å². The Morgan fingerprint density at radius 3 is 2.75 bits per heavy atom. The summed E-state index contributed by atoms with van der Waals surface area (Å²) in [6, 6.07) is 14.3. The first kappa shape index (κ1) is 26.7. The lowest BCUT2D eigenvalue weighted by atomic mass is 10.1. The number of nitrogens with zero attached hydrogens (tertiary/aromatic N) is 3. The molecule has 1 atom stereocenters. The maximum atomic E-state index is 13.7. The third-order valence-corrected chi connectivity index (χ3v) is 6.55. The normalized spacial score (nSPS) is 12.0. The molecule has 10 nitrogen and oxygen atoms in total. The molecular weight excluding hydrogens is 517 g/mol. The van der Waals surface area contributed by atoms with E-state index in [1.54, 1.807) is 49.4 Å². The molecule has 0 aliphatic carbocycles. The minimum Gasteiger partial charge on any atom is -0.505 e. The highest BCUT2D eigenvalue weighted by Crippen LogP contribution is 2.30. The molecule has 0 fully saturated rings. The van der Waals surface area contributed by atoms with Crippen molar-refractivity contribution in [2.24, 2.45) is 7.05 Å². The Labute approximate surface area is 228 Å². The minimum absolute atomic E-state index is 0.161. The number of esters is 1. The highest BCUT2D eigenvalue weighted by molar-refractivity contribution is 5.97. The Hall–Kier alpha value is -4.93. The second-order valence-corrected chi connectivity index (χ2v) is 9.22. The number of fused-ring (bicyclic) bond motifs is 2. The van der Waals surface area contributed by atoms with Crippen LogP contribution in [0.5, 0.6) is 11.5 Å². The standard InChI is InChI=1S/C29H28FN5O5/c1-4-39-29(38)19-7-5-6-8-24(19)40-12-11-31-28(37)17-9-10-20-22(13-17)35(3)27(33-20)16(2)26-32-21-14-18(30)15-23(36)25(21)34-26/h5-10,13-16,36H,4,11-12H2,1-3H3,(H,31,37)(H,32,34). The Kier molecular flexibility index (Phi) is 7.37. The van der Waals surface area contributed by atoms with Crippen molar-refractivity contribution >= 4 is 33.9 Å². The third-order valence-electron chi connectivity index (χ3n) is 6.55. The van der Waals surface area contributed by atoms with Gasteiger partial charge in [-0.3, -0.25) is 4.79 Å². The van der Waals surface area contributed by atoms with Gasteiger partial charge in [0.25, 0.3) is 5.91 Å². The maximum absolute atomic E-state index is 13.7. The summed E-state index contributed by atoms with van der Waals surface area (Å²) in [7, 11) is 1.84. The SMILES string of the molecule is CCOC(=O)c1ccccc1OCCNC(=O)c1ccc2nc(C(C)c3nc4c(O)cc(F)cc4[nH]3)n(C)c2c1. The summed E-state index contributed by atoms with van der Waals surface area (Å²) in [6.07, 6.45) is 0. The van der Waals surface area contributed by atoms with E-state index in [1.165, 1.54) is 6.07 Å². The average Bonchev–Trinajstić information content (AvgIpc) is 3.52. The summed E-state index contributed by atoms with van der Waals surface area (Å²) in [6.45, 7) is 4.28. The second-order valence-electron chi connectivity index (χ2n) is 9.22. The van der Waals surface area contributed by atoms with Crippen LogP contribution in [0.4, 0.5) is 4.39 Å². The van der Waals surface area contributed by atoms with Gasteiger partial charge < -0.3 is 29.4 Å². The van der Waals surface area contributed by atoms with E-state index in [2.05, 4.69) is 15.3 Å². The van der Waals surface area contributed by atoms with Gasteiger partial charge in [-0.1, -0.05) is 12.1 Å². The van der Waals surface area contributed by atoms with Gasteiger partial charge in [-0.25, -0.2) is 19.2 Å². The van der Waals surface area contributed by atoms with Gasteiger partial charge >= 0.3 is 5.97 Å². The molecule has 3 N–H and O–H groups in total. The van der Waals surface area contributed by atoms with Crippen molar-refractivity contribution in [1.29, 1.82) is 0 Å². The summed E-state index contributed by atoms with van der Waals surface area (Å²) in [4.78, 5) is 37.2. The fourth-order valence-corrected chi connectivity index (χ4v) is 4.55. The van der Waals surface area contributed by atoms with Gasteiger partial charge in [0.05, 0.1) is 35.6 Å². The number of hydrogen-bond acceptors (Lipinski definition) is 7. The predicted octanol–water partition coefficient (Wildman–Crippen LogP) is 4.43. The molecule has 2 heterocycles. The highest BCUT2D eigenvalue weighted by Gasteiger charge is 2.21. The molecule has 5 rings (SSSR count). The van der Waals surface area contributed by atoms with Crippen LogP contribution < -0.4 is 10.1 Å². The largest absolute Gasteiger partial charge is 0.505 e. The van der Waals surface area contributed by atoms with Crippen molar-refractivity contribution in [3.05, 3.63) is 83.2 Å². The number of carbonyl (C=O) groups is 2. The van der Waals surface area contributed by atoms with Crippen molar-refractivity contribution in [3.8, 4) is 11.5 Å². The van der Waals surface area contributed by atoms with Crippen LogP contribution >= 0.6 is 0 Å². The van der Waals surface area contributed by atoms with Crippen LogP contribution in [-0.4, -0.2) is 56.3 Å². The predicted molar refractivity (Wildman–Crippen MR) is 146 cm³/mol. The number of imidazole rings is 2. The smallest absolute Gasteiger partial charge is 0.341 e. The number of phenols is 1. The first-order chi connectivity index (χ1) is 19.3. The number of aromatic nitrogens is 4. The zero-order chi connectivity index (χ0) is 28.4. The van der Waals surface area contributed by atoms with Crippen molar-refractivity contribution in [2.75, 3.05) is 19.8 Å². The first-order valence-corrected chi connectivity index (χ1v) is 12.8. The lowest BCUT2D eigenvalue weighted by Gasteiger charge is -2.11. The number of amides is 1. The van der Waals surface area contributed by atoms with E-state index in [9.17, 15) is 19.1 Å². The number of aryl methyl sites for hydroxylation is 1. The third kappa shape index (κ3) is 5.18. The number of aromatic amines is 1. The number of H-pyrrole nitrogens is 1. The van der Waals surface area contributed by atoms with E-state index in [-0.39, 0.29) is 42.8 Å². The number of rotatable bonds is 9. The first-order valence-electron chi connectivity index (χ1n) is 12.8. The van der Waals surface area contributed by atoms with E-state index >= 15 is 0 Å². The monoisotopic (exact) mass is 545 g/mol. The zero-order valence-corrected chi connectivity index (χ0v) is 22.2. The minimum atomic E-state index is -0.561. The Balaban J connectivity index is 1.27. The van der Waals surface area contributed by atoms with E-state index in [4.69, 9.17) is 14.5 Å². The summed E-state index contributed by atoms with van der Waals surface area (Å²) < 4.78 is 26.3. The summed E-state index contributed by atoms with van der Waals surface area (Å²) in [5.74, 6) is -0.259. The topological polar surface area (TPSA) is 131 Å². The van der Waals surface area contributed by atoms with Crippen molar-refractivity contribution < 1.29 is 28.6 Å². The van der Waals surface area contributed by atoms with E-state index in [1.807, 2.05) is 18.5 Å². The van der Waals surface area contributed by atoms with Crippen LogP contribution in [0.3, 0.4) is 0 Å². The van der Waals surface area contributed by atoms with Gasteiger partial charge in [0.1, 0.15) is 46.7 Å². The lowest BCUT2D eigenvalue weighted by molar-refractivity contribution is 0.0521. The van der Waals surface area contributed by atoms with Crippen molar-refractivity contribution in [2.45, 2.75) is 19.8 Å². The van der Waals surface area contributed by atoms with Gasteiger partial charge in [0.15, 0.2) is 0 Å². The van der Waals surface area contributed by atoms with Gasteiger partial charge in [0.2, 0.25) is 0 Å². The molecule has 11 heteroatoms. The number of para-hydroxylation sites is 1. The fraction of sp³-hybridized carbons (Fsp3) is 0.241. The van der Waals surface area contributed by atoms with Crippen LogP contribution in [0.2, 0.25) is 0 Å². The van der Waals surface area contributed by atoms with Gasteiger partial charge in [-0.05, 0) is 50.2 Å². The molecule has 0 spiro atoms. The molecule has 3 aromatic carbocycles. The number of ether oxygens (including phenoxy) is 2. The molecule has 0 aliphatic heterocycles. The molecule has 0 saturated heterocycles. The molecule has 5 aromatic rings. The maximum Gasteiger partial charge on any atom is 0.341 e. The van der Waals surface area contributed by atoms with Gasteiger partial charge in [-0.15, -0.1) is 0 Å². The second kappa shape index (κ2) is 11.0. The number of benzene rings is 3. The number of carbonyl (C=O) groups excluding carboxylic acids is 2. The van der Waals surface area contributed by atoms with E-state index in [0.29, 0.717) is 39.6 Å². The lowest BCUT2D eigenvalue weighted by Crippen LogP contribution is -2.28. The van der Waals surface area contributed by atoms with Crippen LogP contribution in [0.25, 0.3) is 22.1 Å². The number of hydrogen-bond donors (Lipinski definition) is 3. The molecule has 0 bridgehead atoms. The highest BCUT2D eigenvalue weighted by atomic mass is 19.1. The number of phenolic OH excluding ortho intramolecular Hbond substituents is 1. The molecule has 2 aromatic heterocycles. The van der Waals surface area contributed by atoms with E-state index in [0.717, 1.165) is 11.6 Å². The van der Waals surface area contributed by atoms with Crippen molar-refractivity contribution in [1.82, 2.24) is 24.8 Å². The van der Waals surface area contributed by atoms with Crippen LogP contribution in [0.1, 0.15) is 52.1 Å². The summed E-state index contributed by atoms with van der Waals surface area (Å²) >= 11 is 0.